The summed E-state index contributed by atoms with van der Waals surface area (Å²) < 4.78 is 8.44. The zero-order valence-electron chi connectivity index (χ0n) is 21.4. The average molecular weight is 482 g/mol. The number of fused-ring (bicyclic) bond motifs is 1. The van der Waals surface area contributed by atoms with Crippen LogP contribution in [0.2, 0.25) is 0 Å². The van der Waals surface area contributed by atoms with Gasteiger partial charge in [0.05, 0.1) is 17.6 Å². The molecule has 0 unspecified atom stereocenters. The van der Waals surface area contributed by atoms with Crippen molar-refractivity contribution in [1.82, 2.24) is 14.9 Å². The van der Waals surface area contributed by atoms with Gasteiger partial charge in [-0.1, -0.05) is 81.4 Å². The largest absolute Gasteiger partial charge is 0.493 e. The Labute approximate surface area is 213 Å². The van der Waals surface area contributed by atoms with Gasteiger partial charge in [-0.05, 0) is 47.2 Å². The first-order chi connectivity index (χ1) is 17.4. The highest BCUT2D eigenvalue weighted by Crippen LogP contribution is 2.31. The average Bonchev–Trinajstić information content (AvgIpc) is 3.23. The Hall–Kier alpha value is -3.86. The van der Waals surface area contributed by atoms with Crippen LogP contribution in [0.15, 0.2) is 84.9 Å². The van der Waals surface area contributed by atoms with E-state index in [1.54, 1.807) is 6.08 Å². The molecule has 1 amide bonds. The van der Waals surface area contributed by atoms with Gasteiger partial charge in [-0.2, -0.15) is 0 Å². The van der Waals surface area contributed by atoms with E-state index >= 15 is 0 Å². The van der Waals surface area contributed by atoms with Crippen LogP contribution in [0.5, 0.6) is 5.75 Å². The predicted octanol–water partition coefficient (Wildman–Crippen LogP) is 6.18. The van der Waals surface area contributed by atoms with Gasteiger partial charge in [0.15, 0.2) is 0 Å². The van der Waals surface area contributed by atoms with Crippen LogP contribution in [-0.2, 0) is 23.2 Å². The van der Waals surface area contributed by atoms with Crippen molar-refractivity contribution in [2.24, 2.45) is 0 Å². The molecule has 0 aliphatic heterocycles. The van der Waals surface area contributed by atoms with Gasteiger partial charge in [0.25, 0.3) is 0 Å². The van der Waals surface area contributed by atoms with Crippen LogP contribution in [0, 0.1) is 0 Å². The van der Waals surface area contributed by atoms with Gasteiger partial charge in [-0.3, -0.25) is 4.79 Å². The number of aromatic nitrogens is 2. The molecular formula is C31H35N3O2. The second-order valence-electron chi connectivity index (χ2n) is 9.90. The molecule has 186 valence electrons. The number of para-hydroxylation sites is 3. The molecule has 0 aliphatic rings. The fourth-order valence-electron chi connectivity index (χ4n) is 4.28. The van der Waals surface area contributed by atoms with Crippen LogP contribution in [0.25, 0.3) is 17.1 Å². The van der Waals surface area contributed by atoms with Crippen molar-refractivity contribution in [3.63, 3.8) is 0 Å². The monoisotopic (exact) mass is 481 g/mol. The maximum atomic E-state index is 12.3. The second-order valence-corrected chi connectivity index (χ2v) is 9.90. The highest BCUT2D eigenvalue weighted by atomic mass is 16.5. The lowest BCUT2D eigenvalue weighted by molar-refractivity contribution is -0.116. The summed E-state index contributed by atoms with van der Waals surface area (Å²) in [5.41, 5.74) is 4.34. The summed E-state index contributed by atoms with van der Waals surface area (Å²) in [5.74, 6) is 1.82. The van der Waals surface area contributed by atoms with E-state index in [1.165, 1.54) is 5.56 Å². The molecule has 1 heterocycles. The smallest absolute Gasteiger partial charge is 0.244 e. The van der Waals surface area contributed by atoms with Crippen LogP contribution >= 0.6 is 0 Å². The van der Waals surface area contributed by atoms with E-state index in [2.05, 4.69) is 48.9 Å². The minimum absolute atomic E-state index is 0.0328. The molecular weight excluding hydrogens is 446 g/mol. The Morgan fingerprint density at radius 1 is 0.972 bits per heavy atom. The van der Waals surface area contributed by atoms with Crippen LogP contribution in [-0.4, -0.2) is 28.6 Å². The summed E-state index contributed by atoms with van der Waals surface area (Å²) in [6, 6.07) is 26.3. The van der Waals surface area contributed by atoms with Gasteiger partial charge < -0.3 is 14.6 Å². The molecule has 4 aromatic rings. The maximum absolute atomic E-state index is 12.3. The lowest BCUT2D eigenvalue weighted by atomic mass is 9.86. The van der Waals surface area contributed by atoms with Crippen molar-refractivity contribution in [2.45, 2.75) is 45.6 Å². The molecule has 3 aromatic carbocycles. The van der Waals surface area contributed by atoms with Gasteiger partial charge in [0, 0.05) is 25.6 Å². The highest BCUT2D eigenvalue weighted by Gasteiger charge is 2.18. The number of carbonyl (C=O) groups excluding carboxylic acids is 1. The summed E-state index contributed by atoms with van der Waals surface area (Å²) in [6.07, 6.45) is 4.92. The Bertz CT molecular complexity index is 1320. The van der Waals surface area contributed by atoms with Crippen LogP contribution in [0.3, 0.4) is 0 Å². The van der Waals surface area contributed by atoms with E-state index in [-0.39, 0.29) is 11.3 Å². The fourth-order valence-corrected chi connectivity index (χ4v) is 4.28. The quantitative estimate of drug-likeness (QED) is 0.218. The minimum Gasteiger partial charge on any atom is -0.493 e. The second kappa shape index (κ2) is 11.7. The van der Waals surface area contributed by atoms with E-state index in [9.17, 15) is 4.79 Å². The van der Waals surface area contributed by atoms with E-state index in [4.69, 9.17) is 9.72 Å². The molecule has 5 nitrogen and oxygen atoms in total. The number of rotatable bonds is 10. The number of imidazole rings is 1. The third-order valence-electron chi connectivity index (χ3n) is 6.09. The Balaban J connectivity index is 1.35. The molecule has 0 spiro atoms. The molecule has 0 radical (unpaired) electrons. The molecule has 4 rings (SSSR count). The molecule has 0 fully saturated rings. The first-order valence-electron chi connectivity index (χ1n) is 12.6. The van der Waals surface area contributed by atoms with E-state index < -0.39 is 0 Å². The lowest BCUT2D eigenvalue weighted by Gasteiger charge is -2.22. The van der Waals surface area contributed by atoms with Gasteiger partial charge in [0.1, 0.15) is 11.6 Å². The van der Waals surface area contributed by atoms with Crippen LogP contribution in [0.1, 0.15) is 44.1 Å². The van der Waals surface area contributed by atoms with E-state index in [1.807, 2.05) is 66.7 Å². The van der Waals surface area contributed by atoms with Gasteiger partial charge in [0.2, 0.25) is 5.91 Å². The molecule has 0 saturated carbocycles. The fraction of sp³-hybridized carbons (Fsp3) is 0.290. The number of hydrogen-bond acceptors (Lipinski definition) is 3. The first-order valence-corrected chi connectivity index (χ1v) is 12.6. The number of ether oxygens (including phenoxy) is 1. The number of hydrogen-bond donors (Lipinski definition) is 1. The van der Waals surface area contributed by atoms with Crippen molar-refractivity contribution in [3.8, 4) is 5.75 Å². The lowest BCUT2D eigenvalue weighted by Crippen LogP contribution is -2.24. The number of amides is 1. The summed E-state index contributed by atoms with van der Waals surface area (Å²) in [7, 11) is 0. The SMILES string of the molecule is CC(C)(C)c1ccccc1OCCCn1c(CCNC(=O)/C=C/c2ccccc2)nc2ccccc21. The molecule has 1 N–H and O–H groups in total. The highest BCUT2D eigenvalue weighted by molar-refractivity contribution is 5.91. The van der Waals surface area contributed by atoms with Gasteiger partial charge in [-0.25, -0.2) is 4.98 Å². The summed E-state index contributed by atoms with van der Waals surface area (Å²) in [4.78, 5) is 17.1. The molecule has 1 aromatic heterocycles. The van der Waals surface area contributed by atoms with Crippen LogP contribution < -0.4 is 10.1 Å². The van der Waals surface area contributed by atoms with Crippen molar-refractivity contribution in [3.05, 3.63) is 102 Å². The van der Waals surface area contributed by atoms with Crippen molar-refractivity contribution in [1.29, 1.82) is 0 Å². The molecule has 36 heavy (non-hydrogen) atoms. The number of benzene rings is 3. The Morgan fingerprint density at radius 3 is 2.50 bits per heavy atom. The minimum atomic E-state index is -0.104. The van der Waals surface area contributed by atoms with Gasteiger partial charge >= 0.3 is 0 Å². The standard InChI is InChI=1S/C31H35N3O2/c1-31(2,3)25-14-7-10-17-28(25)36-23-11-22-34-27-16-9-8-15-26(27)33-29(34)20-21-32-30(35)19-18-24-12-5-4-6-13-24/h4-10,12-19H,11,20-23H2,1-3H3,(H,32,35)/b19-18+. The molecule has 5 heteroatoms. The molecule has 0 aliphatic carbocycles. The van der Waals surface area contributed by atoms with Crippen molar-refractivity contribution >= 4 is 23.0 Å². The van der Waals surface area contributed by atoms with Crippen LogP contribution in [0.4, 0.5) is 0 Å². The number of carbonyl (C=O) groups is 1. The maximum Gasteiger partial charge on any atom is 0.244 e. The first kappa shape index (κ1) is 25.2. The zero-order chi connectivity index (χ0) is 25.4. The number of nitrogens with zero attached hydrogens (tertiary/aromatic N) is 2. The molecule has 0 bridgehead atoms. The predicted molar refractivity (Wildman–Crippen MR) is 147 cm³/mol. The summed E-state index contributed by atoms with van der Waals surface area (Å²) in [5, 5.41) is 2.98. The summed E-state index contributed by atoms with van der Waals surface area (Å²) in [6.45, 7) is 8.56. The van der Waals surface area contributed by atoms with Crippen molar-refractivity contribution < 1.29 is 9.53 Å². The number of aryl methyl sites for hydroxylation is 1. The van der Waals surface area contributed by atoms with Crippen molar-refractivity contribution in [2.75, 3.05) is 13.2 Å². The van der Waals surface area contributed by atoms with E-state index in [0.717, 1.165) is 41.1 Å². The molecule has 0 atom stereocenters. The number of nitrogens with one attached hydrogen (secondary N) is 1. The van der Waals surface area contributed by atoms with E-state index in [0.29, 0.717) is 19.6 Å². The van der Waals surface area contributed by atoms with Gasteiger partial charge in [-0.15, -0.1) is 0 Å². The third-order valence-corrected chi connectivity index (χ3v) is 6.09. The zero-order valence-corrected chi connectivity index (χ0v) is 21.4. The topological polar surface area (TPSA) is 56.1 Å². The summed E-state index contributed by atoms with van der Waals surface area (Å²) >= 11 is 0. The Morgan fingerprint density at radius 2 is 1.69 bits per heavy atom. The normalized spacial score (nSPS) is 11.8. The third kappa shape index (κ3) is 6.63. The molecule has 0 saturated heterocycles. The Kier molecular flexibility index (Phi) is 8.21.